The van der Waals surface area contributed by atoms with Gasteiger partial charge in [-0.1, -0.05) is 13.3 Å². The minimum absolute atomic E-state index is 0.0969. The Bertz CT molecular complexity index is 282. The molecule has 0 radical (unpaired) electrons. The molecule has 0 aliphatic carbocycles. The molecule has 0 saturated heterocycles. The summed E-state index contributed by atoms with van der Waals surface area (Å²) in [7, 11) is 0. The maximum atomic E-state index is 11.2. The molecular weight excluding hydrogens is 224 g/mol. The summed E-state index contributed by atoms with van der Waals surface area (Å²) in [6.45, 7) is 2.63. The number of carbonyl (C=O) groups is 1. The van der Waals surface area contributed by atoms with Gasteiger partial charge in [0.05, 0.1) is 25.0 Å². The van der Waals surface area contributed by atoms with E-state index in [1.807, 2.05) is 12.1 Å². The zero-order valence-electron chi connectivity index (χ0n) is 9.61. The lowest BCUT2D eigenvalue weighted by Crippen LogP contribution is -2.06. The molecule has 1 rings (SSSR count). The van der Waals surface area contributed by atoms with Gasteiger partial charge in [-0.25, -0.2) is 0 Å². The first-order valence-electron chi connectivity index (χ1n) is 5.58. The van der Waals surface area contributed by atoms with E-state index in [0.717, 1.165) is 30.1 Å². The van der Waals surface area contributed by atoms with E-state index in [4.69, 9.17) is 9.15 Å². The fourth-order valence-electron chi connectivity index (χ4n) is 1.13. The van der Waals surface area contributed by atoms with Crippen LogP contribution in [0.4, 0.5) is 0 Å². The van der Waals surface area contributed by atoms with Gasteiger partial charge in [0.1, 0.15) is 5.76 Å². The molecular formula is C12H18O3S. The van der Waals surface area contributed by atoms with E-state index in [2.05, 4.69) is 6.92 Å². The van der Waals surface area contributed by atoms with Gasteiger partial charge in [-0.3, -0.25) is 4.79 Å². The van der Waals surface area contributed by atoms with E-state index >= 15 is 0 Å². The lowest BCUT2D eigenvalue weighted by molar-refractivity contribution is -0.143. The quantitative estimate of drug-likeness (QED) is 0.518. The molecule has 1 aromatic heterocycles. The van der Waals surface area contributed by atoms with Crippen LogP contribution in [0.3, 0.4) is 0 Å². The molecule has 0 fully saturated rings. The van der Waals surface area contributed by atoms with Gasteiger partial charge in [-0.2, -0.15) is 11.8 Å². The molecule has 0 aromatic carbocycles. The summed E-state index contributed by atoms with van der Waals surface area (Å²) in [4.78, 5) is 11.2. The number of unbranched alkanes of at least 4 members (excludes halogenated alkanes) is 1. The predicted molar refractivity (Wildman–Crippen MR) is 65.4 cm³/mol. The van der Waals surface area contributed by atoms with Gasteiger partial charge >= 0.3 is 5.97 Å². The number of esters is 1. The van der Waals surface area contributed by atoms with Gasteiger partial charge in [-0.15, -0.1) is 0 Å². The molecule has 0 amide bonds. The van der Waals surface area contributed by atoms with E-state index in [1.54, 1.807) is 18.0 Å². The number of rotatable bonds is 8. The minimum Gasteiger partial charge on any atom is -0.468 e. The van der Waals surface area contributed by atoms with Crippen LogP contribution in [0.5, 0.6) is 0 Å². The fraction of sp³-hybridized carbons (Fsp3) is 0.583. The van der Waals surface area contributed by atoms with Gasteiger partial charge in [0.15, 0.2) is 0 Å². The lowest BCUT2D eigenvalue weighted by Gasteiger charge is -2.03. The van der Waals surface area contributed by atoms with Gasteiger partial charge in [0.25, 0.3) is 0 Å². The van der Waals surface area contributed by atoms with Crippen LogP contribution in [0.15, 0.2) is 22.8 Å². The summed E-state index contributed by atoms with van der Waals surface area (Å²) >= 11 is 1.68. The number of furan rings is 1. The summed E-state index contributed by atoms with van der Waals surface area (Å²) in [5.74, 6) is 2.45. The summed E-state index contributed by atoms with van der Waals surface area (Å²) in [5, 5.41) is 0. The highest BCUT2D eigenvalue weighted by atomic mass is 32.2. The van der Waals surface area contributed by atoms with Crippen molar-refractivity contribution in [1.82, 2.24) is 0 Å². The second-order valence-electron chi connectivity index (χ2n) is 3.46. The second kappa shape index (κ2) is 8.28. The highest BCUT2D eigenvalue weighted by Gasteiger charge is 2.03. The van der Waals surface area contributed by atoms with Crippen LogP contribution in [0.1, 0.15) is 31.9 Å². The Hall–Kier alpha value is -0.900. The van der Waals surface area contributed by atoms with Crippen LogP contribution < -0.4 is 0 Å². The largest absolute Gasteiger partial charge is 0.468 e. The van der Waals surface area contributed by atoms with Crippen molar-refractivity contribution in [2.45, 2.75) is 31.9 Å². The number of carbonyl (C=O) groups excluding carboxylic acids is 1. The van der Waals surface area contributed by atoms with Crippen molar-refractivity contribution in [3.05, 3.63) is 24.2 Å². The van der Waals surface area contributed by atoms with E-state index in [-0.39, 0.29) is 5.97 Å². The molecule has 0 N–H and O–H groups in total. The summed E-state index contributed by atoms with van der Waals surface area (Å²) in [5.41, 5.74) is 0. The Morgan fingerprint density at radius 3 is 3.12 bits per heavy atom. The highest BCUT2D eigenvalue weighted by molar-refractivity contribution is 7.98. The minimum atomic E-state index is -0.0969. The SMILES string of the molecule is CCCCOC(=O)CCSCc1ccco1. The van der Waals surface area contributed by atoms with Crippen molar-refractivity contribution < 1.29 is 13.9 Å². The third kappa shape index (κ3) is 5.85. The van der Waals surface area contributed by atoms with Crippen molar-refractivity contribution in [3.63, 3.8) is 0 Å². The summed E-state index contributed by atoms with van der Waals surface area (Å²) in [6.07, 6.45) is 4.15. The second-order valence-corrected chi connectivity index (χ2v) is 4.56. The first-order chi connectivity index (χ1) is 7.83. The van der Waals surface area contributed by atoms with Crippen molar-refractivity contribution in [1.29, 1.82) is 0 Å². The Kier molecular flexibility index (Phi) is 6.81. The molecule has 0 saturated carbocycles. The van der Waals surface area contributed by atoms with E-state index < -0.39 is 0 Å². The third-order valence-corrected chi connectivity index (χ3v) is 3.02. The molecule has 90 valence electrons. The van der Waals surface area contributed by atoms with Gasteiger partial charge < -0.3 is 9.15 Å². The zero-order valence-corrected chi connectivity index (χ0v) is 10.4. The number of ether oxygens (including phenoxy) is 1. The van der Waals surface area contributed by atoms with Crippen molar-refractivity contribution >= 4 is 17.7 Å². The lowest BCUT2D eigenvalue weighted by atomic mass is 10.4. The first-order valence-corrected chi connectivity index (χ1v) is 6.74. The molecule has 16 heavy (non-hydrogen) atoms. The molecule has 0 unspecified atom stereocenters. The van der Waals surface area contributed by atoms with Crippen LogP contribution in [-0.2, 0) is 15.3 Å². The molecule has 1 heterocycles. The van der Waals surface area contributed by atoms with Crippen molar-refractivity contribution in [2.24, 2.45) is 0 Å². The standard InChI is InChI=1S/C12H18O3S/c1-2-3-7-15-12(13)6-9-16-10-11-5-4-8-14-11/h4-5,8H,2-3,6-7,9-10H2,1H3. The smallest absolute Gasteiger partial charge is 0.306 e. The maximum absolute atomic E-state index is 11.2. The van der Waals surface area contributed by atoms with Crippen molar-refractivity contribution in [2.75, 3.05) is 12.4 Å². The normalized spacial score (nSPS) is 10.3. The molecule has 3 nitrogen and oxygen atoms in total. The summed E-state index contributed by atoms with van der Waals surface area (Å²) in [6, 6.07) is 3.81. The molecule has 1 aromatic rings. The van der Waals surface area contributed by atoms with Crippen LogP contribution in [0, 0.1) is 0 Å². The average molecular weight is 242 g/mol. The maximum Gasteiger partial charge on any atom is 0.306 e. The Morgan fingerprint density at radius 2 is 2.44 bits per heavy atom. The first kappa shape index (κ1) is 13.2. The van der Waals surface area contributed by atoms with Gasteiger partial charge in [0.2, 0.25) is 0 Å². The van der Waals surface area contributed by atoms with E-state index in [1.165, 1.54) is 0 Å². The topological polar surface area (TPSA) is 39.4 Å². The molecule has 0 spiro atoms. The predicted octanol–water partition coefficient (Wildman–Crippen LogP) is 3.25. The van der Waals surface area contributed by atoms with Crippen LogP contribution >= 0.6 is 11.8 Å². The molecule has 0 bridgehead atoms. The monoisotopic (exact) mass is 242 g/mol. The fourth-order valence-corrected chi connectivity index (χ4v) is 1.95. The molecule has 0 aliphatic rings. The zero-order chi connectivity index (χ0) is 11.6. The number of thioether (sulfide) groups is 1. The molecule has 4 heteroatoms. The van der Waals surface area contributed by atoms with Gasteiger partial charge in [-0.05, 0) is 18.6 Å². The van der Waals surface area contributed by atoms with Gasteiger partial charge in [0, 0.05) is 5.75 Å². The summed E-state index contributed by atoms with van der Waals surface area (Å²) < 4.78 is 10.2. The van der Waals surface area contributed by atoms with Crippen LogP contribution in [0.25, 0.3) is 0 Å². The third-order valence-electron chi connectivity index (χ3n) is 2.04. The van der Waals surface area contributed by atoms with E-state index in [9.17, 15) is 4.79 Å². The Balaban J connectivity index is 1.96. The average Bonchev–Trinajstić information content (AvgIpc) is 2.78. The van der Waals surface area contributed by atoms with Crippen LogP contribution in [-0.4, -0.2) is 18.3 Å². The Morgan fingerprint density at radius 1 is 1.56 bits per heavy atom. The Labute approximate surface area is 101 Å². The highest BCUT2D eigenvalue weighted by Crippen LogP contribution is 2.13. The number of hydrogen-bond donors (Lipinski definition) is 0. The molecule has 0 aliphatic heterocycles. The van der Waals surface area contributed by atoms with Crippen molar-refractivity contribution in [3.8, 4) is 0 Å². The molecule has 0 atom stereocenters. The number of hydrogen-bond acceptors (Lipinski definition) is 4. The van der Waals surface area contributed by atoms with E-state index in [0.29, 0.717) is 13.0 Å². The van der Waals surface area contributed by atoms with Crippen LogP contribution in [0.2, 0.25) is 0 Å².